The van der Waals surface area contributed by atoms with E-state index in [1.54, 1.807) is 12.1 Å². The van der Waals surface area contributed by atoms with E-state index in [1.807, 2.05) is 24.3 Å². The van der Waals surface area contributed by atoms with Crippen LogP contribution in [0.1, 0.15) is 86.7 Å². The second kappa shape index (κ2) is 11.7. The maximum absolute atomic E-state index is 11.2. The van der Waals surface area contributed by atoms with Gasteiger partial charge in [0.2, 0.25) is 0 Å². The Morgan fingerprint density at radius 2 is 1.73 bits per heavy atom. The molecule has 2 rings (SSSR count). The first-order valence-corrected chi connectivity index (χ1v) is 10.0. The highest BCUT2D eigenvalue weighted by Gasteiger charge is 2.39. The van der Waals surface area contributed by atoms with Gasteiger partial charge < -0.3 is 9.84 Å². The van der Waals surface area contributed by atoms with Crippen LogP contribution in [0.4, 0.5) is 0 Å². The summed E-state index contributed by atoms with van der Waals surface area (Å²) in [7, 11) is 0. The van der Waals surface area contributed by atoms with Gasteiger partial charge in [0.1, 0.15) is 12.2 Å². The maximum atomic E-state index is 11.2. The number of rotatable bonds is 13. The molecule has 0 bridgehead atoms. The molecule has 1 aliphatic rings. The molecule has 0 aliphatic carbocycles. The van der Waals surface area contributed by atoms with Gasteiger partial charge in [-0.25, -0.2) is 4.79 Å². The second-order valence-corrected chi connectivity index (χ2v) is 6.99. The minimum atomic E-state index is -0.899. The summed E-state index contributed by atoms with van der Waals surface area (Å²) in [6.07, 6.45) is 20.1. The van der Waals surface area contributed by atoms with E-state index in [0.717, 1.165) is 12.0 Å². The van der Waals surface area contributed by atoms with Crippen molar-refractivity contribution in [1.29, 1.82) is 0 Å². The number of hydrogen-bond donors (Lipinski definition) is 1. The zero-order valence-corrected chi connectivity index (χ0v) is 15.9. The number of unbranched alkanes of at least 4 members (excludes halogenated alkanes) is 8. The molecule has 0 radical (unpaired) electrons. The molecular weight excluding hydrogens is 324 g/mol. The van der Waals surface area contributed by atoms with Crippen LogP contribution in [0.2, 0.25) is 0 Å². The zero-order chi connectivity index (χ0) is 18.6. The lowest BCUT2D eigenvalue weighted by atomic mass is 10.0. The number of epoxide rings is 1. The minimum Gasteiger partial charge on any atom is -0.478 e. The van der Waals surface area contributed by atoms with E-state index in [4.69, 9.17) is 4.74 Å². The molecule has 2 unspecified atom stereocenters. The number of ether oxygens (including phenoxy) is 1. The minimum absolute atomic E-state index is 0.0109. The molecule has 1 fully saturated rings. The summed E-state index contributed by atoms with van der Waals surface area (Å²) in [5, 5.41) is 9.23. The van der Waals surface area contributed by atoms with E-state index in [2.05, 4.69) is 19.1 Å². The van der Waals surface area contributed by atoms with E-state index >= 15 is 0 Å². The van der Waals surface area contributed by atoms with Crippen molar-refractivity contribution in [2.45, 2.75) is 76.9 Å². The zero-order valence-electron chi connectivity index (χ0n) is 15.9. The Bertz CT molecular complexity index is 603. The van der Waals surface area contributed by atoms with Gasteiger partial charge in [-0.2, -0.15) is 0 Å². The molecule has 0 aromatic heterocycles. The van der Waals surface area contributed by atoms with Crippen LogP contribution in [0.5, 0.6) is 0 Å². The average molecular weight is 357 g/mol. The third-order valence-electron chi connectivity index (χ3n) is 4.80. The fraction of sp³-hybridized carbons (Fsp3) is 0.522. The van der Waals surface area contributed by atoms with E-state index in [-0.39, 0.29) is 12.2 Å². The molecule has 0 spiro atoms. The molecule has 2 atom stereocenters. The molecule has 1 aromatic rings. The van der Waals surface area contributed by atoms with E-state index < -0.39 is 5.97 Å². The predicted octanol–water partition coefficient (Wildman–Crippen LogP) is 6.47. The number of aromatic carboxylic acids is 1. The number of carbonyl (C=O) groups is 1. The van der Waals surface area contributed by atoms with Gasteiger partial charge in [0, 0.05) is 0 Å². The topological polar surface area (TPSA) is 49.8 Å². The lowest BCUT2D eigenvalue weighted by Gasteiger charge is -2.01. The summed E-state index contributed by atoms with van der Waals surface area (Å²) in [5.41, 5.74) is 1.09. The molecule has 1 N–H and O–H groups in total. The van der Waals surface area contributed by atoms with Crippen LogP contribution in [0.3, 0.4) is 0 Å². The molecule has 1 aliphatic heterocycles. The lowest BCUT2D eigenvalue weighted by molar-refractivity contribution is 0.0695. The van der Waals surface area contributed by atoms with Gasteiger partial charge in [0.05, 0.1) is 5.56 Å². The third kappa shape index (κ3) is 7.17. The normalized spacial score (nSPS) is 19.4. The van der Waals surface area contributed by atoms with Gasteiger partial charge in [0.15, 0.2) is 0 Å². The molecule has 1 aromatic carbocycles. The highest BCUT2D eigenvalue weighted by Crippen LogP contribution is 2.41. The number of carboxylic acids is 1. The van der Waals surface area contributed by atoms with Gasteiger partial charge in [-0.1, -0.05) is 94.4 Å². The second-order valence-electron chi connectivity index (χ2n) is 6.99. The largest absolute Gasteiger partial charge is 0.478 e. The molecule has 1 saturated heterocycles. The smallest absolute Gasteiger partial charge is 0.336 e. The highest BCUT2D eigenvalue weighted by molar-refractivity contribution is 5.89. The fourth-order valence-electron chi connectivity index (χ4n) is 3.20. The summed E-state index contributed by atoms with van der Waals surface area (Å²) in [6, 6.07) is 7.06. The number of carboxylic acid groups (broad SMARTS) is 1. The molecule has 142 valence electrons. The Balaban J connectivity index is 1.58. The van der Waals surface area contributed by atoms with Crippen molar-refractivity contribution in [2.75, 3.05) is 0 Å². The van der Waals surface area contributed by atoms with E-state index in [9.17, 15) is 9.90 Å². The van der Waals surface area contributed by atoms with Crippen LogP contribution >= 0.6 is 0 Å². The fourth-order valence-corrected chi connectivity index (χ4v) is 3.20. The first-order chi connectivity index (χ1) is 12.7. The average Bonchev–Trinajstić information content (AvgIpc) is 3.42. The standard InChI is InChI=1S/C23H32O3/c1-2-3-4-5-6-7-8-9-10-11-12-13-18-21-22(26-21)19-16-14-15-17-20(19)23(24)25/h11-18,21-22H,2-10H2,1H3,(H,24,25). The maximum Gasteiger partial charge on any atom is 0.336 e. The Kier molecular flexibility index (Phi) is 9.19. The molecular formula is C23H32O3. The Hall–Kier alpha value is -1.87. The highest BCUT2D eigenvalue weighted by atomic mass is 16.6. The first-order valence-electron chi connectivity index (χ1n) is 10.0. The molecule has 1 heterocycles. The molecule has 0 amide bonds. The Morgan fingerprint density at radius 1 is 1.04 bits per heavy atom. The summed E-state index contributed by atoms with van der Waals surface area (Å²) in [5.74, 6) is -0.899. The third-order valence-corrected chi connectivity index (χ3v) is 4.80. The van der Waals surface area contributed by atoms with Gasteiger partial charge >= 0.3 is 5.97 Å². The van der Waals surface area contributed by atoms with Crippen molar-refractivity contribution in [3.05, 3.63) is 59.7 Å². The van der Waals surface area contributed by atoms with Crippen LogP contribution in [0.25, 0.3) is 0 Å². The van der Waals surface area contributed by atoms with Crippen molar-refractivity contribution in [3.63, 3.8) is 0 Å². The lowest BCUT2D eigenvalue weighted by Crippen LogP contribution is -2.01. The molecule has 3 heteroatoms. The van der Waals surface area contributed by atoms with Crippen LogP contribution in [-0.4, -0.2) is 17.2 Å². The Morgan fingerprint density at radius 3 is 2.46 bits per heavy atom. The predicted molar refractivity (Wildman–Crippen MR) is 107 cm³/mol. The van der Waals surface area contributed by atoms with Gasteiger partial charge in [-0.3, -0.25) is 0 Å². The van der Waals surface area contributed by atoms with Crippen molar-refractivity contribution in [1.82, 2.24) is 0 Å². The van der Waals surface area contributed by atoms with Crippen LogP contribution in [0, 0.1) is 0 Å². The first kappa shape index (κ1) is 20.4. The van der Waals surface area contributed by atoms with Gasteiger partial charge in [-0.15, -0.1) is 0 Å². The number of benzene rings is 1. The Labute approximate surface area is 157 Å². The summed E-state index contributed by atoms with van der Waals surface area (Å²) in [4.78, 5) is 11.2. The molecule has 0 saturated carbocycles. The number of allylic oxidation sites excluding steroid dienone is 3. The van der Waals surface area contributed by atoms with Gasteiger partial charge in [-0.05, 0) is 24.5 Å². The van der Waals surface area contributed by atoms with Crippen LogP contribution in [0.15, 0.2) is 48.6 Å². The van der Waals surface area contributed by atoms with Gasteiger partial charge in [0.25, 0.3) is 0 Å². The van der Waals surface area contributed by atoms with Crippen molar-refractivity contribution in [3.8, 4) is 0 Å². The quantitative estimate of drug-likeness (QED) is 0.250. The summed E-state index contributed by atoms with van der Waals surface area (Å²) < 4.78 is 5.61. The monoisotopic (exact) mass is 356 g/mol. The number of hydrogen-bond acceptors (Lipinski definition) is 2. The SMILES string of the molecule is CCCCCCCCCCC=CC=CC1OC1c1ccccc1C(=O)O. The molecule has 26 heavy (non-hydrogen) atoms. The van der Waals surface area contributed by atoms with Crippen molar-refractivity contribution >= 4 is 5.97 Å². The van der Waals surface area contributed by atoms with E-state index in [1.165, 1.54) is 51.4 Å². The van der Waals surface area contributed by atoms with Crippen LogP contribution in [-0.2, 0) is 4.74 Å². The van der Waals surface area contributed by atoms with Crippen molar-refractivity contribution < 1.29 is 14.6 Å². The van der Waals surface area contributed by atoms with E-state index in [0.29, 0.717) is 5.56 Å². The summed E-state index contributed by atoms with van der Waals surface area (Å²) >= 11 is 0. The summed E-state index contributed by atoms with van der Waals surface area (Å²) in [6.45, 7) is 2.26. The molecule has 3 nitrogen and oxygen atoms in total. The van der Waals surface area contributed by atoms with Crippen molar-refractivity contribution in [2.24, 2.45) is 0 Å². The van der Waals surface area contributed by atoms with Crippen LogP contribution < -0.4 is 0 Å².